The number of benzene rings is 1. The van der Waals surface area contributed by atoms with Crippen LogP contribution in [-0.2, 0) is 4.79 Å². The zero-order valence-corrected chi connectivity index (χ0v) is 14.2. The molecule has 0 saturated carbocycles. The van der Waals surface area contributed by atoms with Crippen molar-refractivity contribution in [1.29, 1.82) is 0 Å². The van der Waals surface area contributed by atoms with E-state index in [0.717, 1.165) is 18.4 Å². The number of hydrogen-bond acceptors (Lipinski definition) is 2. The topological polar surface area (TPSA) is 52.7 Å². The molecule has 124 valence electrons. The van der Waals surface area contributed by atoms with Gasteiger partial charge >= 0.3 is 6.03 Å². The molecule has 1 heterocycles. The summed E-state index contributed by atoms with van der Waals surface area (Å²) in [4.78, 5) is 27.1. The molecule has 1 aromatic rings. The van der Waals surface area contributed by atoms with Gasteiger partial charge in [0.15, 0.2) is 0 Å². The summed E-state index contributed by atoms with van der Waals surface area (Å²) in [7, 11) is 3.44. The number of halogens is 1. The second-order valence-corrected chi connectivity index (χ2v) is 6.26. The fourth-order valence-electron chi connectivity index (χ4n) is 2.39. The zero-order chi connectivity index (χ0) is 16.8. The lowest BCUT2D eigenvalue weighted by Gasteiger charge is -2.32. The number of amides is 3. The summed E-state index contributed by atoms with van der Waals surface area (Å²) in [5.74, 6) is -0.00247. The molecule has 0 aromatic heterocycles. The zero-order valence-electron chi connectivity index (χ0n) is 13.5. The molecule has 0 unspecified atom stereocenters. The van der Waals surface area contributed by atoms with Crippen LogP contribution >= 0.6 is 11.6 Å². The Morgan fingerprint density at radius 3 is 2.39 bits per heavy atom. The van der Waals surface area contributed by atoms with Gasteiger partial charge in [-0.3, -0.25) is 4.79 Å². The maximum absolute atomic E-state index is 12.2. The molecule has 23 heavy (non-hydrogen) atoms. The Kier molecular flexibility index (Phi) is 6.04. The first-order valence-corrected chi connectivity index (χ1v) is 8.04. The van der Waals surface area contributed by atoms with E-state index in [9.17, 15) is 9.59 Å². The highest BCUT2D eigenvalue weighted by molar-refractivity contribution is 6.30. The molecule has 3 amide bonds. The van der Waals surface area contributed by atoms with Crippen molar-refractivity contribution < 1.29 is 9.59 Å². The van der Waals surface area contributed by atoms with Crippen molar-refractivity contribution in [2.75, 3.05) is 27.2 Å². The predicted molar refractivity (Wildman–Crippen MR) is 92.3 cm³/mol. The summed E-state index contributed by atoms with van der Waals surface area (Å²) in [6.07, 6.45) is 4.93. The number of piperidine rings is 1. The van der Waals surface area contributed by atoms with Gasteiger partial charge in [0.25, 0.3) is 0 Å². The predicted octanol–water partition coefficient (Wildman–Crippen LogP) is 2.62. The van der Waals surface area contributed by atoms with Gasteiger partial charge in [0.1, 0.15) is 0 Å². The highest BCUT2D eigenvalue weighted by atomic mass is 35.5. The lowest BCUT2D eigenvalue weighted by atomic mass is 10.1. The van der Waals surface area contributed by atoms with E-state index >= 15 is 0 Å². The van der Waals surface area contributed by atoms with Crippen molar-refractivity contribution >= 4 is 29.6 Å². The van der Waals surface area contributed by atoms with E-state index < -0.39 is 0 Å². The summed E-state index contributed by atoms with van der Waals surface area (Å²) in [5, 5.41) is 3.64. The fourth-order valence-corrected chi connectivity index (χ4v) is 2.52. The minimum atomic E-state index is -0.0857. The van der Waals surface area contributed by atoms with E-state index in [0.29, 0.717) is 18.1 Å². The number of nitrogens with zero attached hydrogens (tertiary/aromatic N) is 2. The lowest BCUT2D eigenvalue weighted by Crippen LogP contribution is -2.48. The summed E-state index contributed by atoms with van der Waals surface area (Å²) >= 11 is 5.83. The van der Waals surface area contributed by atoms with Gasteiger partial charge in [0.05, 0.1) is 0 Å². The average molecular weight is 336 g/mol. The molecule has 0 radical (unpaired) electrons. The van der Waals surface area contributed by atoms with Gasteiger partial charge < -0.3 is 15.1 Å². The van der Waals surface area contributed by atoms with Crippen LogP contribution < -0.4 is 5.32 Å². The van der Waals surface area contributed by atoms with E-state index in [-0.39, 0.29) is 18.0 Å². The maximum atomic E-state index is 12.2. The minimum Gasteiger partial charge on any atom is -0.339 e. The summed E-state index contributed by atoms with van der Waals surface area (Å²) in [6.45, 7) is 1.31. The Morgan fingerprint density at radius 2 is 1.83 bits per heavy atom. The second-order valence-electron chi connectivity index (χ2n) is 5.83. The lowest BCUT2D eigenvalue weighted by molar-refractivity contribution is -0.127. The molecule has 0 bridgehead atoms. The molecular formula is C17H22ClN3O2. The molecule has 6 heteroatoms. The van der Waals surface area contributed by atoms with Crippen LogP contribution in [0.2, 0.25) is 5.02 Å². The molecule has 2 rings (SSSR count). The van der Waals surface area contributed by atoms with Gasteiger partial charge in [-0.05, 0) is 36.6 Å². The number of carbonyl (C=O) groups is 2. The maximum Gasteiger partial charge on any atom is 0.317 e. The van der Waals surface area contributed by atoms with Crippen molar-refractivity contribution in [2.45, 2.75) is 18.9 Å². The van der Waals surface area contributed by atoms with Crippen molar-refractivity contribution in [3.63, 3.8) is 0 Å². The summed E-state index contributed by atoms with van der Waals surface area (Å²) in [5.41, 5.74) is 0.941. The number of carbonyl (C=O) groups excluding carboxylic acids is 2. The summed E-state index contributed by atoms with van der Waals surface area (Å²) < 4.78 is 0. The van der Waals surface area contributed by atoms with Gasteiger partial charge in [0, 0.05) is 44.3 Å². The van der Waals surface area contributed by atoms with Crippen LogP contribution in [0.1, 0.15) is 18.4 Å². The largest absolute Gasteiger partial charge is 0.339 e. The minimum absolute atomic E-state index is 0.00247. The molecule has 1 fully saturated rings. The Labute approximate surface area is 141 Å². The quantitative estimate of drug-likeness (QED) is 0.863. The third-order valence-corrected chi connectivity index (χ3v) is 4.08. The molecule has 1 aliphatic rings. The van der Waals surface area contributed by atoms with Crippen LogP contribution in [0.15, 0.2) is 30.3 Å². The van der Waals surface area contributed by atoms with Crippen molar-refractivity contribution in [3.8, 4) is 0 Å². The first-order chi connectivity index (χ1) is 11.0. The Hall–Kier alpha value is -2.01. The van der Waals surface area contributed by atoms with Crippen LogP contribution in [0.5, 0.6) is 0 Å². The smallest absolute Gasteiger partial charge is 0.317 e. The Bertz CT molecular complexity index is 576. The van der Waals surface area contributed by atoms with Gasteiger partial charge in [-0.1, -0.05) is 23.7 Å². The van der Waals surface area contributed by atoms with Crippen molar-refractivity contribution in [2.24, 2.45) is 0 Å². The highest BCUT2D eigenvalue weighted by Crippen LogP contribution is 2.13. The molecule has 5 nitrogen and oxygen atoms in total. The number of urea groups is 1. The van der Waals surface area contributed by atoms with E-state index in [1.54, 1.807) is 38.4 Å². The van der Waals surface area contributed by atoms with E-state index in [1.807, 2.05) is 17.0 Å². The number of nitrogens with one attached hydrogen (secondary N) is 1. The van der Waals surface area contributed by atoms with Crippen LogP contribution in [-0.4, -0.2) is 55.0 Å². The SMILES string of the molecule is CN(C)C(=O)NC1CCN(C(=O)C=Cc2ccc(Cl)cc2)CC1. The molecular weight excluding hydrogens is 314 g/mol. The van der Waals surface area contributed by atoms with Gasteiger partial charge in [-0.25, -0.2) is 4.79 Å². The normalized spacial score (nSPS) is 15.7. The molecule has 0 aliphatic carbocycles. The standard InChI is InChI=1S/C17H22ClN3O2/c1-20(2)17(23)19-15-9-11-21(12-10-15)16(22)8-5-13-3-6-14(18)7-4-13/h3-8,15H,9-12H2,1-2H3,(H,19,23). The number of hydrogen-bond donors (Lipinski definition) is 1. The average Bonchev–Trinajstić information content (AvgIpc) is 2.54. The molecule has 1 aliphatic heterocycles. The van der Waals surface area contributed by atoms with E-state index in [2.05, 4.69) is 5.32 Å². The molecule has 0 atom stereocenters. The highest BCUT2D eigenvalue weighted by Gasteiger charge is 2.23. The van der Waals surface area contributed by atoms with Crippen LogP contribution in [0.25, 0.3) is 6.08 Å². The fraction of sp³-hybridized carbons (Fsp3) is 0.412. The molecule has 1 saturated heterocycles. The van der Waals surface area contributed by atoms with Crippen LogP contribution in [0.4, 0.5) is 4.79 Å². The molecule has 1 aromatic carbocycles. The Morgan fingerprint density at radius 1 is 1.22 bits per heavy atom. The van der Waals surface area contributed by atoms with Crippen molar-refractivity contribution in [3.05, 3.63) is 40.9 Å². The monoisotopic (exact) mass is 335 g/mol. The van der Waals surface area contributed by atoms with Crippen LogP contribution in [0.3, 0.4) is 0 Å². The first-order valence-electron chi connectivity index (χ1n) is 7.66. The first kappa shape index (κ1) is 17.3. The van der Waals surface area contributed by atoms with Gasteiger partial charge in [0.2, 0.25) is 5.91 Å². The van der Waals surface area contributed by atoms with Gasteiger partial charge in [-0.15, -0.1) is 0 Å². The Balaban J connectivity index is 1.81. The number of rotatable bonds is 3. The summed E-state index contributed by atoms with van der Waals surface area (Å²) in [6, 6.07) is 7.38. The third kappa shape index (κ3) is 5.28. The third-order valence-electron chi connectivity index (χ3n) is 3.83. The van der Waals surface area contributed by atoms with Crippen molar-refractivity contribution in [1.82, 2.24) is 15.1 Å². The molecule has 0 spiro atoms. The van der Waals surface area contributed by atoms with Gasteiger partial charge in [-0.2, -0.15) is 0 Å². The van der Waals surface area contributed by atoms with E-state index in [4.69, 9.17) is 11.6 Å². The number of likely N-dealkylation sites (tertiary alicyclic amines) is 1. The van der Waals surface area contributed by atoms with E-state index in [1.165, 1.54) is 4.90 Å². The second kappa shape index (κ2) is 8.02. The molecule has 1 N–H and O–H groups in total. The van der Waals surface area contributed by atoms with Crippen LogP contribution in [0, 0.1) is 0 Å².